The molecule has 1 rings (SSSR count). The highest BCUT2D eigenvalue weighted by atomic mass is 16.5. The van der Waals surface area contributed by atoms with Gasteiger partial charge in [0, 0.05) is 26.2 Å². The molecule has 0 saturated carbocycles. The van der Waals surface area contributed by atoms with Crippen molar-refractivity contribution < 1.29 is 9.47 Å². The molecule has 1 saturated heterocycles. The number of hydrogen-bond acceptors (Lipinski definition) is 3. The Morgan fingerprint density at radius 3 is 3.08 bits per heavy atom. The molecule has 3 heteroatoms. The van der Waals surface area contributed by atoms with Crippen molar-refractivity contribution in [1.82, 2.24) is 4.90 Å². The molecule has 1 unspecified atom stereocenters. The Labute approximate surface area is 74.6 Å². The molecule has 0 N–H and O–H groups in total. The smallest absolute Gasteiger partial charge is 0.0622 e. The number of morpholine rings is 1. The van der Waals surface area contributed by atoms with Crippen molar-refractivity contribution >= 4 is 0 Å². The number of rotatable bonds is 4. The predicted octanol–water partition coefficient (Wildman–Crippen LogP) is 0.744. The molecule has 1 fully saturated rings. The third kappa shape index (κ3) is 2.73. The second kappa shape index (κ2) is 5.51. The maximum Gasteiger partial charge on any atom is 0.0622 e. The Kier molecular flexibility index (Phi) is 4.58. The lowest BCUT2D eigenvalue weighted by Crippen LogP contribution is -2.46. The Morgan fingerprint density at radius 2 is 2.42 bits per heavy atom. The standard InChI is InChI=1S/C9H19NO2/c1-3-9-8-12-7-5-10(9)4-6-11-2/h9H,3-8H2,1-2H3. The first-order valence-corrected chi connectivity index (χ1v) is 4.69. The van der Waals surface area contributed by atoms with Crippen LogP contribution in [-0.4, -0.2) is 51.0 Å². The summed E-state index contributed by atoms with van der Waals surface area (Å²) in [6.07, 6.45) is 1.17. The minimum atomic E-state index is 0.605. The SMILES string of the molecule is CCC1COCCN1CCOC. The second-order valence-corrected chi connectivity index (χ2v) is 3.17. The lowest BCUT2D eigenvalue weighted by Gasteiger charge is -2.34. The summed E-state index contributed by atoms with van der Waals surface area (Å²) in [4.78, 5) is 2.45. The maximum atomic E-state index is 5.40. The van der Waals surface area contributed by atoms with Crippen molar-refractivity contribution in [3.05, 3.63) is 0 Å². The van der Waals surface area contributed by atoms with Gasteiger partial charge in [-0.1, -0.05) is 6.92 Å². The zero-order valence-corrected chi connectivity index (χ0v) is 8.08. The summed E-state index contributed by atoms with van der Waals surface area (Å²) in [5, 5.41) is 0. The third-order valence-electron chi connectivity index (χ3n) is 2.40. The van der Waals surface area contributed by atoms with Gasteiger partial charge in [0.05, 0.1) is 19.8 Å². The van der Waals surface area contributed by atoms with E-state index < -0.39 is 0 Å². The van der Waals surface area contributed by atoms with Crippen molar-refractivity contribution in [2.24, 2.45) is 0 Å². The summed E-state index contributed by atoms with van der Waals surface area (Å²) in [6.45, 7) is 6.90. The van der Waals surface area contributed by atoms with Crippen LogP contribution in [-0.2, 0) is 9.47 Å². The van der Waals surface area contributed by atoms with Gasteiger partial charge in [0.1, 0.15) is 0 Å². The Morgan fingerprint density at radius 1 is 1.58 bits per heavy atom. The van der Waals surface area contributed by atoms with Gasteiger partial charge in [-0.15, -0.1) is 0 Å². The fourth-order valence-electron chi connectivity index (χ4n) is 1.57. The van der Waals surface area contributed by atoms with Gasteiger partial charge in [0.2, 0.25) is 0 Å². The molecule has 0 amide bonds. The van der Waals surface area contributed by atoms with E-state index >= 15 is 0 Å². The van der Waals surface area contributed by atoms with E-state index in [0.29, 0.717) is 6.04 Å². The first-order chi connectivity index (χ1) is 5.88. The van der Waals surface area contributed by atoms with Gasteiger partial charge >= 0.3 is 0 Å². The van der Waals surface area contributed by atoms with Gasteiger partial charge in [0.15, 0.2) is 0 Å². The Balaban J connectivity index is 2.26. The molecule has 0 aliphatic carbocycles. The first-order valence-electron chi connectivity index (χ1n) is 4.69. The lowest BCUT2D eigenvalue weighted by molar-refractivity contribution is -0.0176. The fraction of sp³-hybridized carbons (Fsp3) is 1.00. The molecule has 0 radical (unpaired) electrons. The van der Waals surface area contributed by atoms with E-state index in [1.165, 1.54) is 6.42 Å². The van der Waals surface area contributed by atoms with E-state index in [1.807, 2.05) is 0 Å². The van der Waals surface area contributed by atoms with E-state index in [2.05, 4.69) is 11.8 Å². The molecule has 1 atom stereocenters. The van der Waals surface area contributed by atoms with Gasteiger partial charge in [-0.3, -0.25) is 4.90 Å². The summed E-state index contributed by atoms with van der Waals surface area (Å²) in [7, 11) is 1.75. The topological polar surface area (TPSA) is 21.7 Å². The maximum absolute atomic E-state index is 5.40. The lowest BCUT2D eigenvalue weighted by atomic mass is 10.2. The monoisotopic (exact) mass is 173 g/mol. The molecule has 1 aliphatic heterocycles. The zero-order chi connectivity index (χ0) is 8.81. The molecule has 3 nitrogen and oxygen atoms in total. The van der Waals surface area contributed by atoms with Crippen molar-refractivity contribution in [3.8, 4) is 0 Å². The fourth-order valence-corrected chi connectivity index (χ4v) is 1.57. The minimum absolute atomic E-state index is 0.605. The van der Waals surface area contributed by atoms with Crippen LogP contribution in [0.4, 0.5) is 0 Å². The van der Waals surface area contributed by atoms with Crippen molar-refractivity contribution in [3.63, 3.8) is 0 Å². The van der Waals surface area contributed by atoms with Crippen LogP contribution in [0.1, 0.15) is 13.3 Å². The van der Waals surface area contributed by atoms with Crippen molar-refractivity contribution in [2.75, 3.05) is 40.0 Å². The summed E-state index contributed by atoms with van der Waals surface area (Å²) in [6, 6.07) is 0.605. The Hall–Kier alpha value is -0.120. The van der Waals surface area contributed by atoms with Gasteiger partial charge < -0.3 is 9.47 Å². The average Bonchev–Trinajstić information content (AvgIpc) is 2.15. The molecule has 0 aromatic carbocycles. The average molecular weight is 173 g/mol. The first kappa shape index (κ1) is 9.96. The van der Waals surface area contributed by atoms with E-state index in [-0.39, 0.29) is 0 Å². The number of methoxy groups -OCH3 is 1. The number of hydrogen-bond donors (Lipinski definition) is 0. The van der Waals surface area contributed by atoms with Crippen LogP contribution in [0.15, 0.2) is 0 Å². The molecule has 0 aromatic rings. The van der Waals surface area contributed by atoms with Crippen LogP contribution >= 0.6 is 0 Å². The highest BCUT2D eigenvalue weighted by Crippen LogP contribution is 2.09. The van der Waals surface area contributed by atoms with Crippen LogP contribution in [0.5, 0.6) is 0 Å². The molecule has 0 bridgehead atoms. The van der Waals surface area contributed by atoms with E-state index in [1.54, 1.807) is 7.11 Å². The van der Waals surface area contributed by atoms with E-state index in [9.17, 15) is 0 Å². The van der Waals surface area contributed by atoms with Crippen LogP contribution < -0.4 is 0 Å². The van der Waals surface area contributed by atoms with Gasteiger partial charge in [0.25, 0.3) is 0 Å². The molecule has 1 heterocycles. The highest BCUT2D eigenvalue weighted by molar-refractivity contribution is 4.73. The molecule has 1 aliphatic rings. The second-order valence-electron chi connectivity index (χ2n) is 3.17. The van der Waals surface area contributed by atoms with E-state index in [0.717, 1.165) is 32.9 Å². The number of ether oxygens (including phenoxy) is 2. The Bertz CT molecular complexity index is 119. The molecule has 12 heavy (non-hydrogen) atoms. The molecule has 0 aromatic heterocycles. The number of nitrogens with zero attached hydrogens (tertiary/aromatic N) is 1. The quantitative estimate of drug-likeness (QED) is 0.626. The molecular weight excluding hydrogens is 154 g/mol. The summed E-state index contributed by atoms with van der Waals surface area (Å²) in [5.74, 6) is 0. The normalized spacial score (nSPS) is 26.0. The van der Waals surface area contributed by atoms with Crippen molar-refractivity contribution in [2.45, 2.75) is 19.4 Å². The van der Waals surface area contributed by atoms with Gasteiger partial charge in [-0.2, -0.15) is 0 Å². The molecule has 0 spiro atoms. The van der Waals surface area contributed by atoms with Gasteiger partial charge in [-0.25, -0.2) is 0 Å². The van der Waals surface area contributed by atoms with Gasteiger partial charge in [-0.05, 0) is 6.42 Å². The van der Waals surface area contributed by atoms with Crippen LogP contribution in [0, 0.1) is 0 Å². The molecule has 72 valence electrons. The zero-order valence-electron chi connectivity index (χ0n) is 8.08. The summed E-state index contributed by atoms with van der Waals surface area (Å²) < 4.78 is 10.5. The highest BCUT2D eigenvalue weighted by Gasteiger charge is 2.20. The van der Waals surface area contributed by atoms with E-state index in [4.69, 9.17) is 9.47 Å². The van der Waals surface area contributed by atoms with Crippen LogP contribution in [0.25, 0.3) is 0 Å². The van der Waals surface area contributed by atoms with Crippen LogP contribution in [0.3, 0.4) is 0 Å². The molecular formula is C9H19NO2. The summed E-state index contributed by atoms with van der Waals surface area (Å²) in [5.41, 5.74) is 0. The minimum Gasteiger partial charge on any atom is -0.383 e. The summed E-state index contributed by atoms with van der Waals surface area (Å²) >= 11 is 0. The third-order valence-corrected chi connectivity index (χ3v) is 2.40. The predicted molar refractivity (Wildman–Crippen MR) is 48.3 cm³/mol. The van der Waals surface area contributed by atoms with Crippen LogP contribution in [0.2, 0.25) is 0 Å². The largest absolute Gasteiger partial charge is 0.383 e. The van der Waals surface area contributed by atoms with Crippen molar-refractivity contribution in [1.29, 1.82) is 0 Å².